The van der Waals surface area contributed by atoms with Crippen molar-refractivity contribution in [1.29, 1.82) is 0 Å². The van der Waals surface area contributed by atoms with Crippen LogP contribution in [0.3, 0.4) is 0 Å². The maximum absolute atomic E-state index is 13.4. The van der Waals surface area contributed by atoms with Crippen LogP contribution in [0.4, 0.5) is 26.3 Å². The highest BCUT2D eigenvalue weighted by Crippen LogP contribution is 2.30. The third kappa shape index (κ3) is 20.2. The summed E-state index contributed by atoms with van der Waals surface area (Å²) in [6.45, 7) is -3.19. The lowest BCUT2D eigenvalue weighted by atomic mass is 10.0. The minimum absolute atomic E-state index is 0.00492. The highest BCUT2D eigenvalue weighted by Gasteiger charge is 2.32. The van der Waals surface area contributed by atoms with E-state index >= 15 is 0 Å². The van der Waals surface area contributed by atoms with Crippen molar-refractivity contribution in [3.63, 3.8) is 0 Å². The molecule has 1 fully saturated rings. The summed E-state index contributed by atoms with van der Waals surface area (Å²) in [6, 6.07) is 4.27. The second kappa shape index (κ2) is 25.4. The van der Waals surface area contributed by atoms with E-state index < -0.39 is 109 Å². The predicted octanol–water partition coefficient (Wildman–Crippen LogP) is -0.729. The van der Waals surface area contributed by atoms with Gasteiger partial charge in [-0.1, -0.05) is 24.3 Å². The average molecular weight is 949 g/mol. The molecule has 0 spiro atoms. The topological polar surface area (TPSA) is 279 Å². The minimum Gasteiger partial charge on any atom is -0.480 e. The van der Waals surface area contributed by atoms with E-state index in [1.165, 1.54) is 0 Å². The first-order chi connectivity index (χ1) is 30.9. The van der Waals surface area contributed by atoms with Gasteiger partial charge in [-0.3, -0.25) is 48.4 Å². The standard InChI is InChI=1S/C40H50F6N8O12/c41-39(42,43)27-5-1-25(2-6-27)17-29(37(63)64)49-33(57)23-53-13-9-51(21-31(55)47-19-35(59)60)11-15-54(16-12-52(10-14-53)22-32(56)48-20-36(61)62)24-34(58)50-30(38(65)66)18-26-3-7-28(8-4-26)40(44,45)46/h1-8,29-30H,9-24H2,(H,47,55)(H,48,56)(H,49,57)(H,50,58)(H,59,60)(H,61,62)(H,63,64)(H,65,66)/t29-,30-/m0/s1. The monoisotopic (exact) mass is 948 g/mol. The van der Waals surface area contributed by atoms with Crippen LogP contribution in [0.2, 0.25) is 0 Å². The Bertz CT molecular complexity index is 1850. The Morgan fingerprint density at radius 1 is 0.455 bits per heavy atom. The summed E-state index contributed by atoms with van der Waals surface area (Å²) < 4.78 is 78.4. The number of carbonyl (C=O) groups excluding carboxylic acids is 4. The number of hydrogen-bond acceptors (Lipinski definition) is 12. The van der Waals surface area contributed by atoms with Crippen LogP contribution in [0.1, 0.15) is 22.3 Å². The first kappa shape index (κ1) is 54.0. The number of halogens is 6. The zero-order valence-corrected chi connectivity index (χ0v) is 35.2. The summed E-state index contributed by atoms with van der Waals surface area (Å²) in [7, 11) is 0. The van der Waals surface area contributed by atoms with Crippen LogP contribution in [0.5, 0.6) is 0 Å². The zero-order valence-electron chi connectivity index (χ0n) is 35.2. The lowest BCUT2D eigenvalue weighted by Gasteiger charge is -2.34. The van der Waals surface area contributed by atoms with Gasteiger partial charge in [0.25, 0.3) is 0 Å². The fraction of sp³-hybridized carbons (Fsp3) is 0.500. The largest absolute Gasteiger partial charge is 0.480 e. The van der Waals surface area contributed by atoms with Gasteiger partial charge in [0, 0.05) is 65.2 Å². The Morgan fingerprint density at radius 3 is 0.939 bits per heavy atom. The summed E-state index contributed by atoms with van der Waals surface area (Å²) in [4.78, 5) is 105. The van der Waals surface area contributed by atoms with Crippen molar-refractivity contribution in [2.45, 2.75) is 37.3 Å². The van der Waals surface area contributed by atoms with Gasteiger partial charge in [-0.2, -0.15) is 26.3 Å². The number of amides is 4. The zero-order chi connectivity index (χ0) is 49.2. The highest BCUT2D eigenvalue weighted by molar-refractivity contribution is 5.86. The molecule has 0 radical (unpaired) electrons. The maximum atomic E-state index is 13.4. The third-order valence-corrected chi connectivity index (χ3v) is 9.98. The van der Waals surface area contributed by atoms with E-state index in [0.29, 0.717) is 0 Å². The number of alkyl halides is 6. The van der Waals surface area contributed by atoms with Crippen molar-refractivity contribution in [3.8, 4) is 0 Å². The van der Waals surface area contributed by atoms with Crippen LogP contribution in [0.15, 0.2) is 48.5 Å². The Hall–Kier alpha value is -6.38. The van der Waals surface area contributed by atoms with Crippen molar-refractivity contribution in [3.05, 3.63) is 70.8 Å². The Balaban J connectivity index is 1.83. The molecule has 1 aliphatic heterocycles. The van der Waals surface area contributed by atoms with Crippen molar-refractivity contribution in [2.75, 3.05) is 91.6 Å². The SMILES string of the molecule is O=C(O)CNC(=O)CN1CCN(CC(=O)N[C@@H](Cc2ccc(C(F)(F)F)cc2)C(=O)O)CCN(CC(=O)NCC(=O)O)CCN(CC(=O)N[C@@H](Cc2ccc(C(F)(F)F)cc2)C(=O)O)CC1. The number of aliphatic carboxylic acids is 4. The van der Waals surface area contributed by atoms with Crippen molar-refractivity contribution in [1.82, 2.24) is 40.9 Å². The lowest BCUT2D eigenvalue weighted by Crippen LogP contribution is -2.53. The van der Waals surface area contributed by atoms with Crippen LogP contribution in [0.25, 0.3) is 0 Å². The molecule has 0 bridgehead atoms. The van der Waals surface area contributed by atoms with Crippen molar-refractivity contribution >= 4 is 47.5 Å². The van der Waals surface area contributed by atoms with E-state index in [0.717, 1.165) is 48.5 Å². The number of nitrogens with zero attached hydrogens (tertiary/aromatic N) is 4. The molecule has 0 aliphatic carbocycles. The molecule has 66 heavy (non-hydrogen) atoms. The molecule has 0 unspecified atom stereocenters. The number of carboxylic acid groups (broad SMARTS) is 4. The molecule has 0 aromatic heterocycles. The van der Waals surface area contributed by atoms with Gasteiger partial charge >= 0.3 is 36.2 Å². The molecule has 4 amide bonds. The Morgan fingerprint density at radius 2 is 0.712 bits per heavy atom. The summed E-state index contributed by atoms with van der Waals surface area (Å²) >= 11 is 0. The van der Waals surface area contributed by atoms with Crippen LogP contribution in [-0.4, -0.2) is 191 Å². The quantitative estimate of drug-likeness (QED) is 0.0761. The van der Waals surface area contributed by atoms with Crippen LogP contribution >= 0.6 is 0 Å². The van der Waals surface area contributed by atoms with Crippen LogP contribution in [-0.2, 0) is 63.6 Å². The fourth-order valence-electron chi connectivity index (χ4n) is 6.49. The van der Waals surface area contributed by atoms with E-state index in [2.05, 4.69) is 21.3 Å². The van der Waals surface area contributed by atoms with Gasteiger partial charge in [0.1, 0.15) is 25.2 Å². The van der Waals surface area contributed by atoms with Crippen LogP contribution in [0, 0.1) is 0 Å². The second-order valence-electron chi connectivity index (χ2n) is 15.2. The molecular weight excluding hydrogens is 898 g/mol. The number of carbonyl (C=O) groups is 8. The third-order valence-electron chi connectivity index (χ3n) is 9.98. The molecule has 2 aromatic carbocycles. The number of hydrogen-bond donors (Lipinski definition) is 8. The predicted molar refractivity (Wildman–Crippen MR) is 216 cm³/mol. The molecule has 1 saturated heterocycles. The molecule has 3 rings (SSSR count). The molecule has 1 aliphatic rings. The molecule has 2 atom stereocenters. The molecule has 26 heteroatoms. The summed E-state index contributed by atoms with van der Waals surface area (Å²) in [5.41, 5.74) is -1.55. The molecule has 364 valence electrons. The lowest BCUT2D eigenvalue weighted by molar-refractivity contribution is -0.142. The summed E-state index contributed by atoms with van der Waals surface area (Å²) in [6.07, 6.45) is -10.0. The molecule has 0 saturated carbocycles. The number of nitrogens with one attached hydrogen (secondary N) is 4. The highest BCUT2D eigenvalue weighted by atomic mass is 19.4. The summed E-state index contributed by atoms with van der Waals surface area (Å²) in [5, 5.41) is 47.0. The van der Waals surface area contributed by atoms with Crippen molar-refractivity contribution in [2.24, 2.45) is 0 Å². The van der Waals surface area contributed by atoms with Gasteiger partial charge < -0.3 is 41.7 Å². The van der Waals surface area contributed by atoms with Gasteiger partial charge in [0.05, 0.1) is 37.3 Å². The molecule has 8 N–H and O–H groups in total. The minimum atomic E-state index is -4.63. The average Bonchev–Trinajstić information content (AvgIpc) is 3.22. The maximum Gasteiger partial charge on any atom is 0.416 e. The first-order valence-electron chi connectivity index (χ1n) is 20.1. The number of carboxylic acids is 4. The smallest absolute Gasteiger partial charge is 0.416 e. The van der Waals surface area contributed by atoms with Crippen LogP contribution < -0.4 is 21.3 Å². The second-order valence-corrected chi connectivity index (χ2v) is 15.2. The van der Waals surface area contributed by atoms with E-state index in [1.54, 1.807) is 19.6 Å². The van der Waals surface area contributed by atoms with E-state index in [4.69, 9.17) is 10.2 Å². The normalized spacial score (nSPS) is 16.1. The van der Waals surface area contributed by atoms with Gasteiger partial charge in [0.2, 0.25) is 23.6 Å². The van der Waals surface area contributed by atoms with E-state index in [1.807, 2.05) is 0 Å². The molecule has 2 aromatic rings. The van der Waals surface area contributed by atoms with Gasteiger partial charge in [0.15, 0.2) is 0 Å². The number of benzene rings is 2. The van der Waals surface area contributed by atoms with Gasteiger partial charge in [-0.25, -0.2) is 9.59 Å². The fourth-order valence-corrected chi connectivity index (χ4v) is 6.49. The molecular formula is C40H50F6N8O12. The van der Waals surface area contributed by atoms with Gasteiger partial charge in [-0.15, -0.1) is 0 Å². The first-order valence-corrected chi connectivity index (χ1v) is 20.1. The van der Waals surface area contributed by atoms with Crippen molar-refractivity contribution < 1.29 is 85.1 Å². The van der Waals surface area contributed by atoms with Gasteiger partial charge in [-0.05, 0) is 35.4 Å². The molecule has 20 nitrogen and oxygen atoms in total. The summed E-state index contributed by atoms with van der Waals surface area (Å²) in [5.74, 6) is -8.67. The Kier molecular flexibility index (Phi) is 20.7. The van der Waals surface area contributed by atoms with E-state index in [9.17, 15) is 74.9 Å². The van der Waals surface area contributed by atoms with E-state index in [-0.39, 0.29) is 89.4 Å². The molecule has 1 heterocycles. The number of rotatable bonds is 20. The Labute approximate surface area is 372 Å².